The standard InChI is InChI=1S/C27H28N8O2/c1-18-29-26(37-32-18)21-6-4-5-7-23(21)35-11-10-19-17-28-27(31-25(19)35)30-22-16-20(8-9-24(22)36-3)34-14-12-33(2)13-15-34/h4-11,16-17H,12-15H2,1-3H3,(H,28,30,31). The molecule has 10 heteroatoms. The molecule has 2 aromatic carbocycles. The van der Waals surface area contributed by atoms with Gasteiger partial charge in [0, 0.05) is 49.6 Å². The van der Waals surface area contributed by atoms with Crippen molar-refractivity contribution in [3.8, 4) is 22.9 Å². The van der Waals surface area contributed by atoms with Crippen LogP contribution >= 0.6 is 0 Å². The number of piperazine rings is 1. The lowest BCUT2D eigenvalue weighted by atomic mass is 10.1. The Morgan fingerprint density at radius 1 is 1.00 bits per heavy atom. The van der Waals surface area contributed by atoms with Gasteiger partial charge in [-0.15, -0.1) is 0 Å². The van der Waals surface area contributed by atoms with E-state index in [9.17, 15) is 0 Å². The summed E-state index contributed by atoms with van der Waals surface area (Å²) in [5.41, 5.74) is 4.44. The quantitative estimate of drug-likeness (QED) is 0.369. The Morgan fingerprint density at radius 3 is 2.62 bits per heavy atom. The van der Waals surface area contributed by atoms with Crippen LogP contribution in [0.5, 0.6) is 5.75 Å². The molecular formula is C27H28N8O2. The van der Waals surface area contributed by atoms with Crippen molar-refractivity contribution < 1.29 is 9.26 Å². The number of anilines is 3. The highest BCUT2D eigenvalue weighted by Gasteiger charge is 2.18. The third kappa shape index (κ3) is 4.47. The zero-order valence-corrected chi connectivity index (χ0v) is 21.0. The fraction of sp³-hybridized carbons (Fsp3) is 0.259. The lowest BCUT2D eigenvalue weighted by molar-refractivity contribution is 0.313. The van der Waals surface area contributed by atoms with E-state index in [4.69, 9.17) is 14.2 Å². The minimum Gasteiger partial charge on any atom is -0.495 e. The van der Waals surface area contributed by atoms with Gasteiger partial charge in [-0.3, -0.25) is 0 Å². The zero-order valence-electron chi connectivity index (χ0n) is 21.0. The van der Waals surface area contributed by atoms with Gasteiger partial charge in [-0.25, -0.2) is 4.98 Å². The number of hydrogen-bond acceptors (Lipinski definition) is 9. The molecule has 0 unspecified atom stereocenters. The van der Waals surface area contributed by atoms with Gasteiger partial charge in [0.25, 0.3) is 5.89 Å². The number of rotatable bonds is 6. The SMILES string of the molecule is COc1ccc(N2CCN(C)CC2)cc1Nc1ncc2ccn(-c3ccccc3-c3nc(C)no3)c2n1. The van der Waals surface area contributed by atoms with Gasteiger partial charge in [0.15, 0.2) is 5.82 Å². The second-order valence-corrected chi connectivity index (χ2v) is 9.12. The Morgan fingerprint density at radius 2 is 1.84 bits per heavy atom. The van der Waals surface area contributed by atoms with Gasteiger partial charge < -0.3 is 28.9 Å². The predicted octanol–water partition coefficient (Wildman–Crippen LogP) is 4.28. The molecule has 3 aromatic heterocycles. The normalized spacial score (nSPS) is 14.3. The van der Waals surface area contributed by atoms with Crippen LogP contribution < -0.4 is 15.0 Å². The Balaban J connectivity index is 1.36. The maximum absolute atomic E-state index is 5.64. The number of ether oxygens (including phenoxy) is 1. The minimum absolute atomic E-state index is 0.466. The summed E-state index contributed by atoms with van der Waals surface area (Å²) in [6.45, 7) is 5.85. The number of aryl methyl sites for hydroxylation is 1. The summed E-state index contributed by atoms with van der Waals surface area (Å²) in [6.07, 6.45) is 3.79. The van der Waals surface area contributed by atoms with E-state index in [1.165, 1.54) is 0 Å². The van der Waals surface area contributed by atoms with Crippen LogP contribution in [0.4, 0.5) is 17.3 Å². The number of para-hydroxylation sites is 1. The fourth-order valence-electron chi connectivity index (χ4n) is 4.62. The average molecular weight is 497 g/mol. The van der Waals surface area contributed by atoms with Gasteiger partial charge in [0.1, 0.15) is 11.4 Å². The first-order valence-electron chi connectivity index (χ1n) is 12.2. The molecule has 5 aromatic rings. The molecule has 0 radical (unpaired) electrons. The second-order valence-electron chi connectivity index (χ2n) is 9.12. The number of nitrogens with zero attached hydrogens (tertiary/aromatic N) is 7. The number of aromatic nitrogens is 5. The van der Waals surface area contributed by atoms with E-state index in [0.717, 1.165) is 65.6 Å². The summed E-state index contributed by atoms with van der Waals surface area (Å²) >= 11 is 0. The fourth-order valence-corrected chi connectivity index (χ4v) is 4.62. The third-order valence-corrected chi connectivity index (χ3v) is 6.65. The first kappa shape index (κ1) is 23.0. The van der Waals surface area contributed by atoms with Crippen LogP contribution in [0.3, 0.4) is 0 Å². The van der Waals surface area contributed by atoms with E-state index in [1.807, 2.05) is 53.4 Å². The van der Waals surface area contributed by atoms with Crippen molar-refractivity contribution in [3.05, 3.63) is 66.7 Å². The maximum Gasteiger partial charge on any atom is 0.260 e. The largest absolute Gasteiger partial charge is 0.495 e. The van der Waals surface area contributed by atoms with Crippen LogP contribution in [0.15, 0.2) is 65.4 Å². The maximum atomic E-state index is 5.64. The molecule has 0 atom stereocenters. The highest BCUT2D eigenvalue weighted by molar-refractivity contribution is 5.81. The van der Waals surface area contributed by atoms with Crippen LogP contribution in [0, 0.1) is 6.92 Å². The van der Waals surface area contributed by atoms with E-state index >= 15 is 0 Å². The van der Waals surface area contributed by atoms with Crippen LogP contribution in [0.1, 0.15) is 5.82 Å². The molecule has 4 heterocycles. The minimum atomic E-state index is 0.466. The first-order valence-corrected chi connectivity index (χ1v) is 12.2. The molecule has 1 fully saturated rings. The third-order valence-electron chi connectivity index (χ3n) is 6.65. The van der Waals surface area contributed by atoms with E-state index < -0.39 is 0 Å². The van der Waals surface area contributed by atoms with Crippen molar-refractivity contribution in [2.24, 2.45) is 0 Å². The molecule has 1 aliphatic rings. The Labute approximate surface area is 214 Å². The van der Waals surface area contributed by atoms with Crippen molar-refractivity contribution in [3.63, 3.8) is 0 Å². The van der Waals surface area contributed by atoms with E-state index in [-0.39, 0.29) is 0 Å². The van der Waals surface area contributed by atoms with Crippen LogP contribution in [-0.2, 0) is 0 Å². The predicted molar refractivity (Wildman–Crippen MR) is 143 cm³/mol. The van der Waals surface area contributed by atoms with E-state index in [2.05, 4.69) is 49.4 Å². The number of hydrogen-bond donors (Lipinski definition) is 1. The monoisotopic (exact) mass is 496 g/mol. The molecule has 10 nitrogen and oxygen atoms in total. The summed E-state index contributed by atoms with van der Waals surface area (Å²) in [7, 11) is 3.82. The smallest absolute Gasteiger partial charge is 0.260 e. The molecule has 1 N–H and O–H groups in total. The van der Waals surface area contributed by atoms with Gasteiger partial charge in [0.2, 0.25) is 5.95 Å². The molecule has 0 saturated carbocycles. The molecule has 37 heavy (non-hydrogen) atoms. The number of nitrogens with one attached hydrogen (secondary N) is 1. The molecule has 1 saturated heterocycles. The van der Waals surface area contributed by atoms with Crippen LogP contribution in [0.2, 0.25) is 0 Å². The lowest BCUT2D eigenvalue weighted by Crippen LogP contribution is -2.44. The molecular weight excluding hydrogens is 468 g/mol. The van der Waals surface area contributed by atoms with Crippen molar-refractivity contribution >= 4 is 28.4 Å². The average Bonchev–Trinajstić information content (AvgIpc) is 3.55. The van der Waals surface area contributed by atoms with E-state index in [0.29, 0.717) is 17.7 Å². The summed E-state index contributed by atoms with van der Waals surface area (Å²) in [5, 5.41) is 8.25. The van der Waals surface area contributed by atoms with Crippen molar-refractivity contribution in [1.82, 2.24) is 29.6 Å². The van der Waals surface area contributed by atoms with Gasteiger partial charge in [0.05, 0.1) is 24.0 Å². The number of benzene rings is 2. The Bertz CT molecular complexity index is 1550. The summed E-state index contributed by atoms with van der Waals surface area (Å²) in [4.78, 5) is 18.6. The summed E-state index contributed by atoms with van der Waals surface area (Å²) < 4.78 is 13.1. The Kier molecular flexibility index (Phi) is 5.93. The van der Waals surface area contributed by atoms with Crippen molar-refractivity contribution in [1.29, 1.82) is 0 Å². The van der Waals surface area contributed by atoms with Crippen LogP contribution in [0.25, 0.3) is 28.2 Å². The highest BCUT2D eigenvalue weighted by atomic mass is 16.5. The summed E-state index contributed by atoms with van der Waals surface area (Å²) in [6, 6.07) is 16.1. The number of likely N-dealkylation sites (N-methyl/N-ethyl adjacent to an activating group) is 1. The van der Waals surface area contributed by atoms with E-state index in [1.54, 1.807) is 14.0 Å². The molecule has 1 aliphatic heterocycles. The number of fused-ring (bicyclic) bond motifs is 1. The molecule has 188 valence electrons. The highest BCUT2D eigenvalue weighted by Crippen LogP contribution is 2.33. The molecule has 0 spiro atoms. The molecule has 0 amide bonds. The van der Waals surface area contributed by atoms with Gasteiger partial charge in [-0.1, -0.05) is 17.3 Å². The summed E-state index contributed by atoms with van der Waals surface area (Å²) in [5.74, 6) is 2.26. The van der Waals surface area contributed by atoms with Crippen LogP contribution in [-0.4, -0.2) is 69.9 Å². The zero-order chi connectivity index (χ0) is 25.4. The number of methoxy groups -OCH3 is 1. The van der Waals surface area contributed by atoms with Crippen molar-refractivity contribution in [2.75, 3.05) is 50.6 Å². The molecule has 0 bridgehead atoms. The molecule has 6 rings (SSSR count). The second kappa shape index (κ2) is 9.55. The molecule has 0 aliphatic carbocycles. The van der Waals surface area contributed by atoms with Crippen molar-refractivity contribution in [2.45, 2.75) is 6.92 Å². The first-order chi connectivity index (χ1) is 18.1. The Hall–Kier alpha value is -4.44. The van der Waals surface area contributed by atoms with Gasteiger partial charge >= 0.3 is 0 Å². The lowest BCUT2D eigenvalue weighted by Gasteiger charge is -2.34. The van der Waals surface area contributed by atoms with Gasteiger partial charge in [-0.05, 0) is 50.4 Å². The van der Waals surface area contributed by atoms with Gasteiger partial charge in [-0.2, -0.15) is 9.97 Å². The topological polar surface area (TPSA) is 97.4 Å².